The zero-order valence-electron chi connectivity index (χ0n) is 9.78. The number of furan rings is 1. The topological polar surface area (TPSA) is 56.5 Å². The Morgan fingerprint density at radius 2 is 1.79 bits per heavy atom. The molecule has 0 radical (unpaired) electrons. The van der Waals surface area contributed by atoms with E-state index in [4.69, 9.17) is 4.42 Å². The minimum atomic E-state index is -0.999. The van der Waals surface area contributed by atoms with E-state index < -0.39 is 23.4 Å². The summed E-state index contributed by atoms with van der Waals surface area (Å²) in [4.78, 5) is 23.0. The summed E-state index contributed by atoms with van der Waals surface area (Å²) in [6, 6.07) is 5.02. The summed E-state index contributed by atoms with van der Waals surface area (Å²) < 4.78 is 35.5. The highest BCUT2D eigenvalue weighted by molar-refractivity contribution is 6.07. The van der Waals surface area contributed by atoms with Crippen LogP contribution in [-0.2, 0) is 4.74 Å². The Labute approximate surface area is 106 Å². The fourth-order valence-corrected chi connectivity index (χ4v) is 1.48. The Balaban J connectivity index is 2.34. The predicted octanol–water partition coefficient (Wildman–Crippen LogP) is 2.58. The summed E-state index contributed by atoms with van der Waals surface area (Å²) >= 11 is 0. The molecule has 4 nitrogen and oxygen atoms in total. The van der Waals surface area contributed by atoms with Crippen LogP contribution >= 0.6 is 0 Å². The maximum Gasteiger partial charge on any atom is 0.373 e. The second-order valence-electron chi connectivity index (χ2n) is 3.61. The van der Waals surface area contributed by atoms with Crippen molar-refractivity contribution in [3.05, 3.63) is 59.1 Å². The molecule has 0 spiro atoms. The van der Waals surface area contributed by atoms with Gasteiger partial charge in [-0.3, -0.25) is 4.79 Å². The SMILES string of the molecule is COC(=O)c1ccc(C(=O)c2ccc(F)cc2F)o1. The number of carbonyl (C=O) groups is 2. The third kappa shape index (κ3) is 2.52. The van der Waals surface area contributed by atoms with Crippen LogP contribution in [0.4, 0.5) is 8.78 Å². The molecule has 6 heteroatoms. The van der Waals surface area contributed by atoms with Crippen molar-refractivity contribution in [2.45, 2.75) is 0 Å². The normalized spacial score (nSPS) is 10.3. The van der Waals surface area contributed by atoms with Crippen molar-refractivity contribution in [2.75, 3.05) is 7.11 Å². The van der Waals surface area contributed by atoms with Gasteiger partial charge < -0.3 is 9.15 Å². The fourth-order valence-electron chi connectivity index (χ4n) is 1.48. The largest absolute Gasteiger partial charge is 0.463 e. The first kappa shape index (κ1) is 12.9. The van der Waals surface area contributed by atoms with Gasteiger partial charge in [-0.05, 0) is 24.3 Å². The molecule has 1 aromatic carbocycles. The predicted molar refractivity (Wildman–Crippen MR) is 59.8 cm³/mol. The molecule has 19 heavy (non-hydrogen) atoms. The number of rotatable bonds is 3. The van der Waals surface area contributed by atoms with Crippen LogP contribution < -0.4 is 0 Å². The van der Waals surface area contributed by atoms with E-state index in [9.17, 15) is 18.4 Å². The van der Waals surface area contributed by atoms with E-state index in [0.29, 0.717) is 6.07 Å². The lowest BCUT2D eigenvalue weighted by molar-refractivity contribution is 0.0563. The fraction of sp³-hybridized carbons (Fsp3) is 0.0769. The summed E-state index contributed by atoms with van der Waals surface area (Å²) in [5.41, 5.74) is -0.341. The first-order valence-electron chi connectivity index (χ1n) is 5.21. The molecule has 0 atom stereocenters. The summed E-state index contributed by atoms with van der Waals surface area (Å²) in [5.74, 6) is -3.73. The van der Waals surface area contributed by atoms with Gasteiger partial charge in [-0.25, -0.2) is 13.6 Å². The minimum absolute atomic E-state index is 0.173. The van der Waals surface area contributed by atoms with Crippen LogP contribution in [0.25, 0.3) is 0 Å². The third-order valence-corrected chi connectivity index (χ3v) is 2.39. The second kappa shape index (κ2) is 5.01. The van der Waals surface area contributed by atoms with E-state index in [-0.39, 0.29) is 17.1 Å². The third-order valence-electron chi connectivity index (χ3n) is 2.39. The lowest BCUT2D eigenvalue weighted by atomic mass is 10.1. The molecular weight excluding hydrogens is 258 g/mol. The minimum Gasteiger partial charge on any atom is -0.463 e. The molecule has 0 aliphatic rings. The number of esters is 1. The molecule has 2 rings (SSSR count). The van der Waals surface area contributed by atoms with Crippen molar-refractivity contribution in [1.29, 1.82) is 0 Å². The Morgan fingerprint density at radius 1 is 1.11 bits per heavy atom. The Bertz CT molecular complexity index is 646. The molecule has 0 N–H and O–H groups in total. The molecule has 98 valence electrons. The highest BCUT2D eigenvalue weighted by Crippen LogP contribution is 2.17. The zero-order chi connectivity index (χ0) is 14.0. The van der Waals surface area contributed by atoms with Crippen LogP contribution in [0.15, 0.2) is 34.7 Å². The van der Waals surface area contributed by atoms with Gasteiger partial charge in [0.25, 0.3) is 0 Å². The molecule has 0 saturated carbocycles. The second-order valence-corrected chi connectivity index (χ2v) is 3.61. The van der Waals surface area contributed by atoms with Crippen molar-refractivity contribution in [3.63, 3.8) is 0 Å². The van der Waals surface area contributed by atoms with Crippen LogP contribution in [0.1, 0.15) is 26.7 Å². The first-order valence-corrected chi connectivity index (χ1v) is 5.21. The van der Waals surface area contributed by atoms with Gasteiger partial charge >= 0.3 is 5.97 Å². The first-order chi connectivity index (χ1) is 9.02. The molecule has 0 bridgehead atoms. The number of hydrogen-bond acceptors (Lipinski definition) is 4. The van der Waals surface area contributed by atoms with Gasteiger partial charge in [-0.15, -0.1) is 0 Å². The van der Waals surface area contributed by atoms with E-state index in [1.165, 1.54) is 12.1 Å². The van der Waals surface area contributed by atoms with Gasteiger partial charge in [-0.2, -0.15) is 0 Å². The standard InChI is InChI=1S/C13H8F2O4/c1-18-13(17)11-5-4-10(19-11)12(16)8-3-2-7(14)6-9(8)15/h2-6H,1H3. The molecule has 0 unspecified atom stereocenters. The van der Waals surface area contributed by atoms with Gasteiger partial charge in [0, 0.05) is 6.07 Å². The summed E-state index contributed by atoms with van der Waals surface area (Å²) in [7, 11) is 1.16. The summed E-state index contributed by atoms with van der Waals surface area (Å²) in [5, 5.41) is 0. The molecule has 0 saturated heterocycles. The molecular formula is C13H8F2O4. The van der Waals surface area contributed by atoms with Crippen LogP contribution in [0, 0.1) is 11.6 Å². The Hall–Kier alpha value is -2.50. The van der Waals surface area contributed by atoms with Crippen molar-refractivity contribution in [1.82, 2.24) is 0 Å². The zero-order valence-corrected chi connectivity index (χ0v) is 9.78. The molecule has 1 heterocycles. The maximum absolute atomic E-state index is 13.4. The monoisotopic (exact) mass is 266 g/mol. The molecule has 2 aromatic rings. The van der Waals surface area contributed by atoms with E-state index >= 15 is 0 Å². The molecule has 0 fully saturated rings. The van der Waals surface area contributed by atoms with Crippen LogP contribution in [-0.4, -0.2) is 18.9 Å². The lowest BCUT2D eigenvalue weighted by Gasteiger charge is -2.00. The number of carbonyl (C=O) groups excluding carboxylic acids is 2. The van der Waals surface area contributed by atoms with Gasteiger partial charge in [0.05, 0.1) is 12.7 Å². The smallest absolute Gasteiger partial charge is 0.373 e. The van der Waals surface area contributed by atoms with Gasteiger partial charge in [0.2, 0.25) is 11.5 Å². The highest BCUT2D eigenvalue weighted by atomic mass is 19.1. The summed E-state index contributed by atoms with van der Waals surface area (Å²) in [6.45, 7) is 0. The Kier molecular flexibility index (Phi) is 3.41. The number of halogens is 2. The van der Waals surface area contributed by atoms with Gasteiger partial charge in [-0.1, -0.05) is 0 Å². The van der Waals surface area contributed by atoms with E-state index in [1.54, 1.807) is 0 Å². The number of ketones is 1. The Morgan fingerprint density at radius 3 is 2.42 bits per heavy atom. The maximum atomic E-state index is 13.4. The van der Waals surface area contributed by atoms with Gasteiger partial charge in [0.15, 0.2) is 5.76 Å². The van der Waals surface area contributed by atoms with Crippen molar-refractivity contribution < 1.29 is 27.5 Å². The van der Waals surface area contributed by atoms with Crippen LogP contribution in [0.3, 0.4) is 0 Å². The number of hydrogen-bond donors (Lipinski definition) is 0. The van der Waals surface area contributed by atoms with Crippen molar-refractivity contribution >= 4 is 11.8 Å². The van der Waals surface area contributed by atoms with E-state index in [2.05, 4.69) is 4.74 Å². The highest BCUT2D eigenvalue weighted by Gasteiger charge is 2.20. The van der Waals surface area contributed by atoms with Gasteiger partial charge in [0.1, 0.15) is 11.6 Å². The molecule has 0 amide bonds. The number of methoxy groups -OCH3 is 1. The number of benzene rings is 1. The quantitative estimate of drug-likeness (QED) is 0.633. The van der Waals surface area contributed by atoms with Crippen LogP contribution in [0.2, 0.25) is 0 Å². The molecule has 0 aliphatic carbocycles. The average Bonchev–Trinajstić information content (AvgIpc) is 2.86. The van der Waals surface area contributed by atoms with Crippen LogP contribution in [0.5, 0.6) is 0 Å². The lowest BCUT2D eigenvalue weighted by Crippen LogP contribution is -2.04. The number of ether oxygens (including phenoxy) is 1. The van der Waals surface area contributed by atoms with E-state index in [1.807, 2.05) is 0 Å². The van der Waals surface area contributed by atoms with Crippen molar-refractivity contribution in [3.8, 4) is 0 Å². The molecule has 1 aromatic heterocycles. The molecule has 0 aliphatic heterocycles. The van der Waals surface area contributed by atoms with E-state index in [0.717, 1.165) is 19.2 Å². The van der Waals surface area contributed by atoms with Crippen molar-refractivity contribution in [2.24, 2.45) is 0 Å². The summed E-state index contributed by atoms with van der Waals surface area (Å²) in [6.07, 6.45) is 0. The average molecular weight is 266 g/mol.